The van der Waals surface area contributed by atoms with Crippen molar-refractivity contribution in [3.05, 3.63) is 29.8 Å². The Morgan fingerprint density at radius 2 is 1.87 bits per heavy atom. The minimum Gasteiger partial charge on any atom is -0.381 e. The molecule has 0 aliphatic carbocycles. The van der Waals surface area contributed by atoms with E-state index in [4.69, 9.17) is 9.47 Å². The smallest absolute Gasteiger partial charge is 0.251 e. The molecule has 2 saturated heterocycles. The predicted molar refractivity (Wildman–Crippen MR) is 90.0 cm³/mol. The quantitative estimate of drug-likeness (QED) is 0.928. The zero-order chi connectivity index (χ0) is 16.3. The molecule has 1 aromatic carbocycles. The number of nitrogens with one attached hydrogen (secondary N) is 1. The highest BCUT2D eigenvalue weighted by Gasteiger charge is 2.39. The van der Waals surface area contributed by atoms with Crippen LogP contribution in [0.3, 0.4) is 0 Å². The highest BCUT2D eigenvalue weighted by molar-refractivity contribution is 5.94. The number of ether oxygens (including phenoxy) is 2. The van der Waals surface area contributed by atoms with Gasteiger partial charge >= 0.3 is 0 Å². The van der Waals surface area contributed by atoms with Crippen molar-refractivity contribution >= 4 is 11.6 Å². The predicted octanol–water partition coefficient (Wildman–Crippen LogP) is 2.21. The van der Waals surface area contributed by atoms with Crippen LogP contribution in [0.15, 0.2) is 24.3 Å². The number of benzene rings is 1. The van der Waals surface area contributed by atoms with E-state index in [-0.39, 0.29) is 17.6 Å². The molecule has 1 spiro atoms. The van der Waals surface area contributed by atoms with Gasteiger partial charge < -0.3 is 19.7 Å². The van der Waals surface area contributed by atoms with Crippen molar-refractivity contribution in [2.24, 2.45) is 0 Å². The lowest BCUT2D eigenvalue weighted by atomic mass is 9.84. The lowest BCUT2D eigenvalue weighted by Crippen LogP contribution is -2.51. The summed E-state index contributed by atoms with van der Waals surface area (Å²) in [6.07, 6.45) is 3.62. The fourth-order valence-electron chi connectivity index (χ4n) is 3.42. The van der Waals surface area contributed by atoms with Gasteiger partial charge in [-0.1, -0.05) is 0 Å². The molecular formula is C18H26N2O3. The lowest BCUT2D eigenvalue weighted by molar-refractivity contribution is -0.139. The van der Waals surface area contributed by atoms with Crippen LogP contribution in [0.25, 0.3) is 0 Å². The van der Waals surface area contributed by atoms with Gasteiger partial charge in [0.05, 0.1) is 5.60 Å². The molecule has 0 aromatic heterocycles. The van der Waals surface area contributed by atoms with Gasteiger partial charge in [0.15, 0.2) is 0 Å². The monoisotopic (exact) mass is 318 g/mol. The van der Waals surface area contributed by atoms with Crippen LogP contribution >= 0.6 is 0 Å². The van der Waals surface area contributed by atoms with Crippen LogP contribution < -0.4 is 10.2 Å². The molecule has 0 saturated carbocycles. The minimum absolute atomic E-state index is 0.00409. The zero-order valence-corrected chi connectivity index (χ0v) is 14.0. The number of hydrogen-bond acceptors (Lipinski definition) is 4. The summed E-state index contributed by atoms with van der Waals surface area (Å²) in [5.41, 5.74) is 1.71. The third kappa shape index (κ3) is 3.85. The fraction of sp³-hybridized carbons (Fsp3) is 0.611. The third-order valence-corrected chi connectivity index (χ3v) is 4.88. The molecule has 1 amide bonds. The maximum absolute atomic E-state index is 12.5. The van der Waals surface area contributed by atoms with Crippen LogP contribution in [-0.4, -0.2) is 51.5 Å². The second-order valence-electron chi connectivity index (χ2n) is 6.75. The van der Waals surface area contributed by atoms with Crippen LogP contribution in [-0.2, 0) is 9.47 Å². The Morgan fingerprint density at radius 3 is 2.52 bits per heavy atom. The second-order valence-corrected chi connectivity index (χ2v) is 6.75. The van der Waals surface area contributed by atoms with Crippen molar-refractivity contribution in [2.45, 2.75) is 37.3 Å². The Labute approximate surface area is 137 Å². The summed E-state index contributed by atoms with van der Waals surface area (Å²) in [6.45, 7) is 2.23. The molecule has 2 aliphatic heterocycles. The Hall–Kier alpha value is -1.59. The van der Waals surface area contributed by atoms with E-state index in [1.54, 1.807) is 0 Å². The van der Waals surface area contributed by atoms with E-state index < -0.39 is 0 Å². The normalized spacial score (nSPS) is 23.5. The molecule has 0 radical (unpaired) electrons. The first-order valence-electron chi connectivity index (χ1n) is 8.38. The Kier molecular flexibility index (Phi) is 4.87. The molecule has 1 atom stereocenters. The molecule has 0 bridgehead atoms. The standard InChI is InChI=1S/C18H26N2O3/c1-20(2)16-5-3-14(4-6-16)17(21)19-15-7-10-23-18(13-15)8-11-22-12-9-18/h3-6,15H,7-13H2,1-2H3,(H,19,21). The summed E-state index contributed by atoms with van der Waals surface area (Å²) < 4.78 is 11.5. The topological polar surface area (TPSA) is 50.8 Å². The van der Waals surface area contributed by atoms with Gasteiger partial charge in [0.2, 0.25) is 0 Å². The van der Waals surface area contributed by atoms with E-state index >= 15 is 0 Å². The average molecular weight is 318 g/mol. The van der Waals surface area contributed by atoms with E-state index in [1.807, 2.05) is 43.3 Å². The molecule has 3 rings (SSSR count). The molecule has 2 fully saturated rings. The van der Waals surface area contributed by atoms with Gasteiger partial charge in [0.25, 0.3) is 5.91 Å². The van der Waals surface area contributed by atoms with E-state index in [2.05, 4.69) is 5.32 Å². The molecule has 23 heavy (non-hydrogen) atoms. The molecule has 5 heteroatoms. The summed E-state index contributed by atoms with van der Waals surface area (Å²) in [4.78, 5) is 14.5. The molecule has 1 unspecified atom stereocenters. The van der Waals surface area contributed by atoms with Crippen molar-refractivity contribution in [1.29, 1.82) is 0 Å². The van der Waals surface area contributed by atoms with Gasteiger partial charge in [-0.15, -0.1) is 0 Å². The van der Waals surface area contributed by atoms with Gasteiger partial charge in [-0.3, -0.25) is 4.79 Å². The minimum atomic E-state index is -0.0940. The van der Waals surface area contributed by atoms with Crippen molar-refractivity contribution in [1.82, 2.24) is 5.32 Å². The molecule has 2 heterocycles. The van der Waals surface area contributed by atoms with E-state index in [9.17, 15) is 4.79 Å². The largest absolute Gasteiger partial charge is 0.381 e. The fourth-order valence-corrected chi connectivity index (χ4v) is 3.42. The third-order valence-electron chi connectivity index (χ3n) is 4.88. The van der Waals surface area contributed by atoms with Gasteiger partial charge in [-0.05, 0) is 49.9 Å². The summed E-state index contributed by atoms with van der Waals surface area (Å²) in [5.74, 6) is 0.00409. The first kappa shape index (κ1) is 16.3. The number of amides is 1. The van der Waals surface area contributed by atoms with Gasteiger partial charge in [0, 0.05) is 51.2 Å². The number of carbonyl (C=O) groups is 1. The first-order chi connectivity index (χ1) is 11.1. The molecule has 1 N–H and O–H groups in total. The van der Waals surface area contributed by atoms with Crippen LogP contribution in [0.5, 0.6) is 0 Å². The first-order valence-corrected chi connectivity index (χ1v) is 8.38. The Bertz CT molecular complexity index is 530. The van der Waals surface area contributed by atoms with Crippen LogP contribution in [0.2, 0.25) is 0 Å². The van der Waals surface area contributed by atoms with Crippen LogP contribution in [0, 0.1) is 0 Å². The van der Waals surface area contributed by atoms with Crippen molar-refractivity contribution in [3.8, 4) is 0 Å². The lowest BCUT2D eigenvalue weighted by Gasteiger charge is -2.43. The SMILES string of the molecule is CN(C)c1ccc(C(=O)NC2CCOC3(CCOCC3)C2)cc1. The number of rotatable bonds is 3. The number of hydrogen-bond donors (Lipinski definition) is 1. The van der Waals surface area contributed by atoms with Crippen molar-refractivity contribution in [2.75, 3.05) is 38.8 Å². The maximum Gasteiger partial charge on any atom is 0.251 e. The summed E-state index contributed by atoms with van der Waals surface area (Å²) >= 11 is 0. The summed E-state index contributed by atoms with van der Waals surface area (Å²) in [6, 6.07) is 7.89. The maximum atomic E-state index is 12.5. The van der Waals surface area contributed by atoms with Gasteiger partial charge in [-0.25, -0.2) is 0 Å². The number of anilines is 1. The number of carbonyl (C=O) groups excluding carboxylic acids is 1. The highest BCUT2D eigenvalue weighted by atomic mass is 16.5. The highest BCUT2D eigenvalue weighted by Crippen LogP contribution is 2.34. The number of nitrogens with zero attached hydrogens (tertiary/aromatic N) is 1. The molecule has 126 valence electrons. The second kappa shape index (κ2) is 6.89. The van der Waals surface area contributed by atoms with Crippen molar-refractivity contribution in [3.63, 3.8) is 0 Å². The average Bonchev–Trinajstić information content (AvgIpc) is 2.55. The Morgan fingerprint density at radius 1 is 1.17 bits per heavy atom. The van der Waals surface area contributed by atoms with E-state index in [0.717, 1.165) is 44.6 Å². The summed E-state index contributed by atoms with van der Waals surface area (Å²) in [5, 5.41) is 3.18. The molecular weight excluding hydrogens is 292 g/mol. The molecule has 5 nitrogen and oxygen atoms in total. The van der Waals surface area contributed by atoms with E-state index in [0.29, 0.717) is 12.2 Å². The Balaban J connectivity index is 1.60. The van der Waals surface area contributed by atoms with Crippen LogP contribution in [0.1, 0.15) is 36.0 Å². The summed E-state index contributed by atoms with van der Waals surface area (Å²) in [7, 11) is 3.98. The van der Waals surface area contributed by atoms with Gasteiger partial charge in [0.1, 0.15) is 0 Å². The van der Waals surface area contributed by atoms with Crippen molar-refractivity contribution < 1.29 is 14.3 Å². The molecule has 1 aromatic rings. The van der Waals surface area contributed by atoms with Crippen LogP contribution in [0.4, 0.5) is 5.69 Å². The van der Waals surface area contributed by atoms with E-state index in [1.165, 1.54) is 0 Å². The molecule has 2 aliphatic rings. The van der Waals surface area contributed by atoms with Gasteiger partial charge in [-0.2, -0.15) is 0 Å². The zero-order valence-electron chi connectivity index (χ0n) is 14.0.